The Morgan fingerprint density at radius 2 is 1.32 bits per heavy atom. The number of alkyl halides is 2. The van der Waals surface area contributed by atoms with Gasteiger partial charge in [0.15, 0.2) is 47.7 Å². The van der Waals surface area contributed by atoms with E-state index < -0.39 is 76.6 Å². The second-order valence-corrected chi connectivity index (χ2v) is 14.2. The lowest BCUT2D eigenvalue weighted by atomic mass is 10.1. The highest BCUT2D eigenvalue weighted by molar-refractivity contribution is 8.06. The summed E-state index contributed by atoms with van der Waals surface area (Å²) in [4.78, 5) is 37.2. The zero-order chi connectivity index (χ0) is 31.0. The number of nitrogens with two attached hydrogens (primary N) is 2. The first-order valence-corrected chi connectivity index (χ1v) is 16.9. The van der Waals surface area contributed by atoms with Crippen LogP contribution in [0.5, 0.6) is 0 Å². The number of aromatic nitrogens is 8. The molecule has 0 amide bonds. The van der Waals surface area contributed by atoms with Gasteiger partial charge in [-0.05, 0) is 0 Å². The highest BCUT2D eigenvalue weighted by atomic mass is 32.5. The van der Waals surface area contributed by atoms with Crippen LogP contribution in [-0.2, 0) is 43.9 Å². The maximum absolute atomic E-state index is 15.9. The fraction of sp³-hybridized carbons (Fsp3) is 0.500. The SMILES string of the molecule is [B-][P@]1(=O)OC[C@H]2O[C@@H](n3cnc4c(N)ncnc43)C(F)[C@H]2OP([O-])(=S)OC[C@H]2O[C@@H](n3cnc4c(N)ncnc43)[C@@H](F)C2O1. The number of ether oxygens (including phenoxy) is 2. The van der Waals surface area contributed by atoms with Gasteiger partial charge in [-0.15, -0.1) is 0 Å². The van der Waals surface area contributed by atoms with Crippen molar-refractivity contribution in [2.24, 2.45) is 0 Å². The molecule has 4 N–H and O–H groups in total. The van der Waals surface area contributed by atoms with Gasteiger partial charge in [0.05, 0.1) is 33.3 Å². The molecule has 10 atom stereocenters. The van der Waals surface area contributed by atoms with Crippen LogP contribution < -0.4 is 16.4 Å². The Bertz CT molecular complexity index is 1710. The Kier molecular flexibility index (Phi) is 7.43. The minimum atomic E-state index is -4.59. The second-order valence-electron chi connectivity index (χ2n) is 9.90. The van der Waals surface area contributed by atoms with Gasteiger partial charge >= 0.3 is 0 Å². The molecule has 3 unspecified atom stereocenters. The molecule has 3 fully saturated rings. The van der Waals surface area contributed by atoms with Gasteiger partial charge in [0.2, 0.25) is 0 Å². The van der Waals surface area contributed by atoms with E-state index in [1.807, 2.05) is 0 Å². The molecule has 4 aromatic rings. The number of nitrogen functional groups attached to an aromatic ring is 2. The fourth-order valence-electron chi connectivity index (χ4n) is 5.19. The third-order valence-corrected chi connectivity index (χ3v) is 9.78. The Morgan fingerprint density at radius 1 is 0.841 bits per heavy atom. The third-order valence-electron chi connectivity index (χ3n) is 7.19. The van der Waals surface area contributed by atoms with Gasteiger partial charge < -0.3 is 56.1 Å². The van der Waals surface area contributed by atoms with E-state index in [0.29, 0.717) is 0 Å². The summed E-state index contributed by atoms with van der Waals surface area (Å²) in [5, 5.41) is 0. The van der Waals surface area contributed by atoms with E-state index in [1.54, 1.807) is 0 Å². The average Bonchev–Trinajstić information content (AvgIpc) is 3.73. The van der Waals surface area contributed by atoms with Gasteiger partial charge in [-0.25, -0.2) is 38.7 Å². The van der Waals surface area contributed by atoms with Crippen LogP contribution in [0.4, 0.5) is 20.4 Å². The van der Waals surface area contributed by atoms with Crippen LogP contribution in [0.3, 0.4) is 0 Å². The lowest BCUT2D eigenvalue weighted by Gasteiger charge is -2.37. The lowest BCUT2D eigenvalue weighted by Crippen LogP contribution is -2.38. The van der Waals surface area contributed by atoms with E-state index in [1.165, 1.54) is 21.8 Å². The average molecular weight is 671 g/mol. The van der Waals surface area contributed by atoms with E-state index in [0.717, 1.165) is 12.7 Å². The first-order valence-electron chi connectivity index (χ1n) is 12.7. The standard InChI is InChI=1S/C20H21BF2N10O8P2S/c21-42(34)36-1-7-14(10(23)20(38-7)33-6-31-12-16(25)27-4-29-18(12)33)41-43(35,44)37-2-8-13(40-42)9(22)19(39-8)32-5-30-11-15(24)26-3-28-17(11)32/h3-10,13-14,19-20H,1-2H2,(H,35,44)(H2,24,26,28)(H2,25,27,29)/q-1/p-1/t7-,8-,9+,10?,13?,14+,19-,20-,42+,43?/m1/s1. The van der Waals surface area contributed by atoms with Gasteiger partial charge in [0, 0.05) is 0 Å². The summed E-state index contributed by atoms with van der Waals surface area (Å²) >= 11 is 5.03. The summed E-state index contributed by atoms with van der Waals surface area (Å²) < 4.78 is 80.6. The largest absolute Gasteiger partial charge is 0.780 e. The third kappa shape index (κ3) is 5.18. The molecule has 3 saturated heterocycles. The number of anilines is 2. The number of hydrogen-bond acceptors (Lipinski definition) is 17. The number of imidazole rings is 2. The first kappa shape index (κ1) is 29.9. The van der Waals surface area contributed by atoms with Crippen LogP contribution in [0.2, 0.25) is 0 Å². The van der Waals surface area contributed by atoms with Crippen LogP contribution in [0.15, 0.2) is 25.3 Å². The molecule has 4 aromatic heterocycles. The second kappa shape index (κ2) is 10.9. The van der Waals surface area contributed by atoms with Crippen molar-refractivity contribution in [2.45, 2.75) is 49.2 Å². The van der Waals surface area contributed by atoms with Gasteiger partial charge in [0.1, 0.15) is 54.8 Å². The molecule has 0 spiro atoms. The molecule has 3 aliphatic heterocycles. The summed E-state index contributed by atoms with van der Waals surface area (Å²) in [6.07, 6.45) is -8.51. The summed E-state index contributed by atoms with van der Waals surface area (Å²) in [6.45, 7) is -5.92. The topological polar surface area (TPSA) is 235 Å². The van der Waals surface area contributed by atoms with E-state index >= 15 is 8.78 Å². The molecule has 7 rings (SSSR count). The van der Waals surface area contributed by atoms with Crippen LogP contribution in [0.25, 0.3) is 22.3 Å². The summed E-state index contributed by atoms with van der Waals surface area (Å²) in [5.41, 5.74) is 12.2. The van der Waals surface area contributed by atoms with Crippen LogP contribution in [-0.4, -0.2) is 96.6 Å². The van der Waals surface area contributed by atoms with Gasteiger partial charge in [-0.3, -0.25) is 9.13 Å². The number of hydrogen-bond donors (Lipinski definition) is 2. The number of nitrogens with zero attached hydrogens (tertiary/aromatic N) is 8. The molecule has 0 bridgehead atoms. The van der Waals surface area contributed by atoms with Crippen molar-refractivity contribution in [3.05, 3.63) is 25.3 Å². The number of rotatable bonds is 2. The molecule has 3 aliphatic rings. The minimum absolute atomic E-state index is 0.0390. The molecule has 233 valence electrons. The quantitative estimate of drug-likeness (QED) is 0.210. The highest BCUT2D eigenvalue weighted by Crippen LogP contribution is 2.53. The zero-order valence-corrected chi connectivity index (χ0v) is 24.6. The Hall–Kier alpha value is -2.78. The smallest absolute Gasteiger partial charge is 0.174 e. The van der Waals surface area contributed by atoms with E-state index in [-0.39, 0.29) is 34.0 Å². The maximum Gasteiger partial charge on any atom is 0.174 e. The van der Waals surface area contributed by atoms with E-state index in [2.05, 4.69) is 29.9 Å². The normalized spacial score (nSPS) is 38.3. The molecule has 24 heteroatoms. The predicted octanol–water partition coefficient (Wildman–Crippen LogP) is -0.0198. The molecule has 44 heavy (non-hydrogen) atoms. The zero-order valence-electron chi connectivity index (χ0n) is 22.0. The van der Waals surface area contributed by atoms with Crippen molar-refractivity contribution < 1.29 is 45.8 Å². The van der Waals surface area contributed by atoms with Crippen LogP contribution >= 0.6 is 14.2 Å². The first-order chi connectivity index (χ1) is 20.9. The van der Waals surface area contributed by atoms with Crippen LogP contribution in [0, 0.1) is 0 Å². The minimum Gasteiger partial charge on any atom is -0.780 e. The number of halogens is 2. The Labute approximate surface area is 251 Å². The molecular formula is C20H20BF2N10O8P2S-2. The van der Waals surface area contributed by atoms with Crippen molar-refractivity contribution >= 4 is 67.5 Å². The maximum atomic E-state index is 15.9. The van der Waals surface area contributed by atoms with Crippen molar-refractivity contribution in [1.82, 2.24) is 39.0 Å². The highest BCUT2D eigenvalue weighted by Gasteiger charge is 2.51. The molecule has 18 nitrogen and oxygen atoms in total. The molecule has 7 heterocycles. The Morgan fingerprint density at radius 3 is 1.84 bits per heavy atom. The van der Waals surface area contributed by atoms with Crippen LogP contribution in [0.1, 0.15) is 12.5 Å². The fourth-order valence-corrected chi connectivity index (χ4v) is 7.62. The molecular weight excluding hydrogens is 651 g/mol. The summed E-state index contributed by atoms with van der Waals surface area (Å²) in [7, 11) is 1.23. The monoisotopic (exact) mass is 671 g/mol. The van der Waals surface area contributed by atoms with Gasteiger partial charge in [0.25, 0.3) is 0 Å². The van der Waals surface area contributed by atoms with Crippen molar-refractivity contribution in [1.29, 1.82) is 0 Å². The molecule has 0 saturated carbocycles. The Balaban J connectivity index is 1.17. The van der Waals surface area contributed by atoms with E-state index in [4.69, 9.17) is 58.4 Å². The summed E-state index contributed by atoms with van der Waals surface area (Å²) in [5.74, 6) is 0.0785. The van der Waals surface area contributed by atoms with Crippen molar-refractivity contribution in [3.8, 4) is 0 Å². The van der Waals surface area contributed by atoms with Gasteiger partial charge in [-0.1, -0.05) is 11.8 Å². The number of fused-ring (bicyclic) bond motifs is 4. The van der Waals surface area contributed by atoms with Crippen molar-refractivity contribution in [2.75, 3.05) is 24.7 Å². The molecule has 0 aliphatic carbocycles. The summed E-state index contributed by atoms with van der Waals surface area (Å²) in [6, 6.07) is 0. The molecule has 0 aromatic carbocycles. The van der Waals surface area contributed by atoms with Gasteiger partial charge in [-0.2, -0.15) is 0 Å². The van der Waals surface area contributed by atoms with E-state index in [9.17, 15) is 9.46 Å². The lowest BCUT2D eigenvalue weighted by molar-refractivity contribution is -0.217. The predicted molar refractivity (Wildman–Crippen MR) is 146 cm³/mol. The van der Waals surface area contributed by atoms with Crippen molar-refractivity contribution in [3.63, 3.8) is 0 Å². The molecule has 3 radical (unpaired) electrons.